The molecule has 2 aromatic carbocycles. The first-order chi connectivity index (χ1) is 13.9. The summed E-state index contributed by atoms with van der Waals surface area (Å²) in [6, 6.07) is 10.2. The Morgan fingerprint density at radius 2 is 2.03 bits per heavy atom. The lowest BCUT2D eigenvalue weighted by Gasteiger charge is -2.35. The van der Waals surface area contributed by atoms with Crippen LogP contribution in [0.3, 0.4) is 0 Å². The van der Waals surface area contributed by atoms with E-state index in [1.165, 1.54) is 30.5 Å². The molecule has 0 bridgehead atoms. The van der Waals surface area contributed by atoms with Crippen LogP contribution in [0.1, 0.15) is 24.0 Å². The van der Waals surface area contributed by atoms with Gasteiger partial charge in [0, 0.05) is 37.3 Å². The number of benzene rings is 2. The fourth-order valence-corrected chi connectivity index (χ4v) is 4.33. The van der Waals surface area contributed by atoms with Crippen molar-refractivity contribution in [1.82, 2.24) is 9.80 Å². The van der Waals surface area contributed by atoms with E-state index in [9.17, 15) is 9.50 Å². The van der Waals surface area contributed by atoms with Crippen LogP contribution >= 0.6 is 11.6 Å². The van der Waals surface area contributed by atoms with Gasteiger partial charge >= 0.3 is 0 Å². The van der Waals surface area contributed by atoms with Crippen molar-refractivity contribution in [3.05, 3.63) is 58.4 Å². The summed E-state index contributed by atoms with van der Waals surface area (Å²) < 4.78 is 18.3. The molecule has 0 saturated carbocycles. The quantitative estimate of drug-likeness (QED) is 0.678. The van der Waals surface area contributed by atoms with Gasteiger partial charge in [-0.3, -0.25) is 0 Å². The third kappa shape index (κ3) is 6.33. The highest BCUT2D eigenvalue weighted by molar-refractivity contribution is 6.31. The van der Waals surface area contributed by atoms with Crippen molar-refractivity contribution in [3.8, 4) is 11.5 Å². The fourth-order valence-electron chi connectivity index (χ4n) is 4.11. The van der Waals surface area contributed by atoms with Crippen LogP contribution < -0.4 is 4.74 Å². The second-order valence-electron chi connectivity index (χ2n) is 8.00. The molecule has 1 N–H and O–H groups in total. The molecule has 6 heteroatoms. The number of ether oxygens (including phenoxy) is 1. The molecule has 0 aliphatic carbocycles. The van der Waals surface area contributed by atoms with Gasteiger partial charge in [-0.05, 0) is 68.1 Å². The predicted octanol–water partition coefficient (Wildman–Crippen LogP) is 4.58. The Bertz CT molecular complexity index is 800. The second kappa shape index (κ2) is 10.3. The van der Waals surface area contributed by atoms with Crippen LogP contribution in [0.2, 0.25) is 5.02 Å². The molecule has 4 nitrogen and oxygen atoms in total. The van der Waals surface area contributed by atoms with Crippen molar-refractivity contribution in [1.29, 1.82) is 0 Å². The number of hydrogen-bond acceptors (Lipinski definition) is 4. The Morgan fingerprint density at radius 3 is 2.76 bits per heavy atom. The highest BCUT2D eigenvalue weighted by atomic mass is 35.5. The summed E-state index contributed by atoms with van der Waals surface area (Å²) >= 11 is 6.30. The fraction of sp³-hybridized carbons (Fsp3) is 0.478. The van der Waals surface area contributed by atoms with Gasteiger partial charge in [0.15, 0.2) is 11.5 Å². The van der Waals surface area contributed by atoms with Crippen LogP contribution in [-0.4, -0.2) is 55.2 Å². The van der Waals surface area contributed by atoms with E-state index in [4.69, 9.17) is 16.3 Å². The number of aromatic hydroxyl groups is 1. The van der Waals surface area contributed by atoms with Crippen LogP contribution in [0, 0.1) is 11.7 Å². The van der Waals surface area contributed by atoms with Crippen LogP contribution in [0.25, 0.3) is 0 Å². The van der Waals surface area contributed by atoms with E-state index in [0.29, 0.717) is 23.2 Å². The number of hydrogen-bond donors (Lipinski definition) is 1. The topological polar surface area (TPSA) is 35.9 Å². The average molecular weight is 421 g/mol. The summed E-state index contributed by atoms with van der Waals surface area (Å²) in [5, 5.41) is 10.4. The zero-order valence-electron chi connectivity index (χ0n) is 17.2. The van der Waals surface area contributed by atoms with Gasteiger partial charge in [0.05, 0.1) is 7.11 Å². The molecule has 1 heterocycles. The summed E-state index contributed by atoms with van der Waals surface area (Å²) in [7, 11) is 3.64. The van der Waals surface area contributed by atoms with E-state index >= 15 is 0 Å². The number of phenolic OH excluding ortho intramolecular Hbond substituents is 1. The molecule has 1 aliphatic heterocycles. The zero-order chi connectivity index (χ0) is 20.8. The van der Waals surface area contributed by atoms with Crippen molar-refractivity contribution < 1.29 is 14.2 Å². The summed E-state index contributed by atoms with van der Waals surface area (Å²) in [6.07, 6.45) is 3.38. The van der Waals surface area contributed by atoms with Gasteiger partial charge in [-0.2, -0.15) is 0 Å². The lowest BCUT2D eigenvalue weighted by Crippen LogP contribution is -2.40. The first-order valence-corrected chi connectivity index (χ1v) is 10.5. The standard InChI is InChI=1S/C23H30ClFN2O2/c1-26(16-19-12-23(29-2)22(28)13-21(19)24)14-18-4-3-10-27(15-18)11-9-17-5-7-20(25)8-6-17/h5-8,12-13,18,28H,3-4,9-11,14-16H2,1-2H3. The van der Waals surface area contributed by atoms with Crippen LogP contribution in [0.15, 0.2) is 36.4 Å². The highest BCUT2D eigenvalue weighted by Gasteiger charge is 2.21. The maximum absolute atomic E-state index is 13.1. The predicted molar refractivity (Wildman–Crippen MR) is 115 cm³/mol. The normalized spacial score (nSPS) is 17.6. The van der Waals surface area contributed by atoms with Gasteiger partial charge in [-0.25, -0.2) is 4.39 Å². The maximum atomic E-state index is 13.1. The largest absolute Gasteiger partial charge is 0.504 e. The third-order valence-corrected chi connectivity index (χ3v) is 5.94. The van der Waals surface area contributed by atoms with Crippen LogP contribution in [0.4, 0.5) is 4.39 Å². The Hall–Kier alpha value is -1.82. The number of piperidine rings is 1. The van der Waals surface area contributed by atoms with Crippen molar-refractivity contribution in [2.24, 2.45) is 5.92 Å². The summed E-state index contributed by atoms with van der Waals surface area (Å²) in [4.78, 5) is 4.80. The highest BCUT2D eigenvalue weighted by Crippen LogP contribution is 2.32. The molecular weight excluding hydrogens is 391 g/mol. The van der Waals surface area contributed by atoms with Gasteiger partial charge in [0.1, 0.15) is 5.82 Å². The molecule has 0 spiro atoms. The van der Waals surface area contributed by atoms with Gasteiger partial charge in [-0.1, -0.05) is 23.7 Å². The first-order valence-electron chi connectivity index (χ1n) is 10.2. The van der Waals surface area contributed by atoms with E-state index in [0.717, 1.165) is 38.2 Å². The Kier molecular flexibility index (Phi) is 7.76. The molecule has 0 amide bonds. The lowest BCUT2D eigenvalue weighted by molar-refractivity contribution is 0.142. The van der Waals surface area contributed by atoms with Gasteiger partial charge in [0.25, 0.3) is 0 Å². The Morgan fingerprint density at radius 1 is 1.28 bits per heavy atom. The summed E-state index contributed by atoms with van der Waals surface area (Å²) in [5.41, 5.74) is 2.13. The van der Waals surface area contributed by atoms with Gasteiger partial charge in [0.2, 0.25) is 0 Å². The Balaban J connectivity index is 1.50. The Labute approximate surface area is 177 Å². The van der Waals surface area contributed by atoms with Crippen molar-refractivity contribution >= 4 is 11.6 Å². The minimum absolute atomic E-state index is 0.0629. The minimum atomic E-state index is -0.179. The molecule has 0 aromatic heterocycles. The van der Waals surface area contributed by atoms with Crippen LogP contribution in [-0.2, 0) is 13.0 Å². The molecule has 1 atom stereocenters. The van der Waals surface area contributed by atoms with E-state index < -0.39 is 0 Å². The molecule has 0 radical (unpaired) electrons. The molecule has 158 valence electrons. The smallest absolute Gasteiger partial charge is 0.160 e. The maximum Gasteiger partial charge on any atom is 0.160 e. The van der Waals surface area contributed by atoms with Crippen molar-refractivity contribution in [2.75, 3.05) is 40.3 Å². The first kappa shape index (κ1) is 21.9. The van der Waals surface area contributed by atoms with E-state index in [1.807, 2.05) is 18.2 Å². The molecule has 1 saturated heterocycles. The molecule has 1 unspecified atom stereocenters. The van der Waals surface area contributed by atoms with Gasteiger partial charge in [-0.15, -0.1) is 0 Å². The molecule has 3 rings (SSSR count). The monoisotopic (exact) mass is 420 g/mol. The number of phenols is 1. The molecule has 1 aliphatic rings. The summed E-state index contributed by atoms with van der Waals surface area (Å²) in [6.45, 7) is 4.92. The van der Waals surface area contributed by atoms with Crippen molar-refractivity contribution in [2.45, 2.75) is 25.8 Å². The van der Waals surface area contributed by atoms with Gasteiger partial charge < -0.3 is 19.6 Å². The lowest BCUT2D eigenvalue weighted by atomic mass is 9.97. The number of nitrogens with zero attached hydrogens (tertiary/aromatic N) is 2. The molecule has 29 heavy (non-hydrogen) atoms. The zero-order valence-corrected chi connectivity index (χ0v) is 18.0. The number of methoxy groups -OCH3 is 1. The minimum Gasteiger partial charge on any atom is -0.504 e. The summed E-state index contributed by atoms with van der Waals surface area (Å²) in [5.74, 6) is 0.941. The third-order valence-electron chi connectivity index (χ3n) is 5.59. The van der Waals surface area contributed by atoms with E-state index in [2.05, 4.69) is 16.8 Å². The number of rotatable bonds is 8. The molecule has 2 aromatic rings. The number of likely N-dealkylation sites (tertiary alicyclic amines) is 1. The second-order valence-corrected chi connectivity index (χ2v) is 8.40. The molecular formula is C23H30ClFN2O2. The van der Waals surface area contributed by atoms with Crippen molar-refractivity contribution in [3.63, 3.8) is 0 Å². The average Bonchev–Trinajstić information content (AvgIpc) is 2.70. The van der Waals surface area contributed by atoms with E-state index in [-0.39, 0.29) is 11.6 Å². The number of halogens is 2. The van der Waals surface area contributed by atoms with Crippen LogP contribution in [0.5, 0.6) is 11.5 Å². The van der Waals surface area contributed by atoms with E-state index in [1.54, 1.807) is 13.2 Å². The molecule has 1 fully saturated rings. The SMILES string of the molecule is COc1cc(CN(C)CC2CCCN(CCc3ccc(F)cc3)C2)c(Cl)cc1O.